The number of guanidine groups is 1. The first kappa shape index (κ1) is 17.0. The van der Waals surface area contributed by atoms with Crippen LogP contribution >= 0.6 is 24.0 Å². The summed E-state index contributed by atoms with van der Waals surface area (Å²) in [6.07, 6.45) is 1.03. The van der Waals surface area contributed by atoms with Crippen molar-refractivity contribution in [3.05, 3.63) is 29.8 Å². The van der Waals surface area contributed by atoms with E-state index in [0.717, 1.165) is 17.7 Å². The Balaban J connectivity index is 0.00000289. The van der Waals surface area contributed by atoms with E-state index in [9.17, 15) is 0 Å². The van der Waals surface area contributed by atoms with E-state index in [0.29, 0.717) is 18.5 Å². The number of ether oxygens (including phenoxy) is 1. The van der Waals surface area contributed by atoms with Gasteiger partial charge in [0.2, 0.25) is 0 Å². The fourth-order valence-electron chi connectivity index (χ4n) is 1.31. The number of nitrogens with zero attached hydrogens (tertiary/aromatic N) is 1. The lowest BCUT2D eigenvalue weighted by atomic mass is 10.2. The quantitative estimate of drug-likeness (QED) is 0.480. The number of hydrogen-bond acceptors (Lipinski definition) is 2. The Bertz CT molecular complexity index is 365. The highest BCUT2D eigenvalue weighted by Crippen LogP contribution is 2.11. The van der Waals surface area contributed by atoms with Gasteiger partial charge in [-0.2, -0.15) is 0 Å². The molecule has 1 rings (SSSR count). The van der Waals surface area contributed by atoms with Gasteiger partial charge in [0.25, 0.3) is 0 Å². The zero-order valence-corrected chi connectivity index (χ0v) is 13.5. The zero-order chi connectivity index (χ0) is 12.7. The molecule has 1 unspecified atom stereocenters. The molecular weight excluding hydrogens is 341 g/mol. The lowest BCUT2D eigenvalue weighted by Crippen LogP contribution is -2.38. The smallest absolute Gasteiger partial charge is 0.189 e. The van der Waals surface area contributed by atoms with Gasteiger partial charge in [-0.1, -0.05) is 19.1 Å². The van der Waals surface area contributed by atoms with Crippen molar-refractivity contribution in [2.24, 2.45) is 10.7 Å². The van der Waals surface area contributed by atoms with Gasteiger partial charge in [0, 0.05) is 6.04 Å². The summed E-state index contributed by atoms with van der Waals surface area (Å²) in [5.74, 6) is 1.35. The van der Waals surface area contributed by atoms with E-state index < -0.39 is 0 Å². The fraction of sp³-hybridized carbons (Fsp3) is 0.462. The van der Waals surface area contributed by atoms with Crippen molar-refractivity contribution >= 4 is 29.9 Å². The minimum Gasteiger partial charge on any atom is -0.497 e. The number of halogens is 1. The molecule has 102 valence electrons. The van der Waals surface area contributed by atoms with Crippen LogP contribution in [0.5, 0.6) is 5.75 Å². The van der Waals surface area contributed by atoms with E-state index in [-0.39, 0.29) is 24.0 Å². The molecule has 0 radical (unpaired) electrons. The fourth-order valence-corrected chi connectivity index (χ4v) is 1.31. The molecule has 0 bridgehead atoms. The SMILES string of the molecule is CCC(C)NC(N)=NCc1ccc(OC)cc1.I. The topological polar surface area (TPSA) is 59.6 Å². The maximum Gasteiger partial charge on any atom is 0.189 e. The van der Waals surface area contributed by atoms with Crippen LogP contribution in [0.15, 0.2) is 29.3 Å². The molecule has 0 aliphatic rings. The normalized spacial score (nSPS) is 12.5. The van der Waals surface area contributed by atoms with E-state index in [2.05, 4.69) is 24.2 Å². The zero-order valence-electron chi connectivity index (χ0n) is 11.1. The third-order valence-electron chi connectivity index (χ3n) is 2.60. The highest BCUT2D eigenvalue weighted by Gasteiger charge is 1.99. The van der Waals surface area contributed by atoms with Gasteiger partial charge in [-0.3, -0.25) is 0 Å². The van der Waals surface area contributed by atoms with Crippen molar-refractivity contribution in [3.63, 3.8) is 0 Å². The Kier molecular flexibility index (Phi) is 8.53. The first-order valence-electron chi connectivity index (χ1n) is 5.85. The van der Waals surface area contributed by atoms with Crippen LogP contribution in [0.2, 0.25) is 0 Å². The average Bonchev–Trinajstić information content (AvgIpc) is 2.36. The summed E-state index contributed by atoms with van der Waals surface area (Å²) in [6.45, 7) is 4.77. The van der Waals surface area contributed by atoms with Crippen LogP contribution in [0.4, 0.5) is 0 Å². The summed E-state index contributed by atoms with van der Waals surface area (Å²) < 4.78 is 5.09. The average molecular weight is 363 g/mol. The van der Waals surface area contributed by atoms with Gasteiger partial charge in [-0.15, -0.1) is 24.0 Å². The Hall–Kier alpha value is -0.980. The first-order chi connectivity index (χ1) is 8.15. The maximum atomic E-state index is 5.77. The van der Waals surface area contributed by atoms with Crippen LogP contribution in [0.3, 0.4) is 0 Å². The van der Waals surface area contributed by atoms with Crippen LogP contribution in [-0.4, -0.2) is 19.1 Å². The van der Waals surface area contributed by atoms with Gasteiger partial charge in [0.05, 0.1) is 13.7 Å². The lowest BCUT2D eigenvalue weighted by Gasteiger charge is -2.11. The predicted octanol–water partition coefficient (Wildman–Crippen LogP) is 2.52. The van der Waals surface area contributed by atoms with E-state index >= 15 is 0 Å². The molecule has 0 saturated carbocycles. The molecule has 0 amide bonds. The molecule has 0 aliphatic carbocycles. The minimum absolute atomic E-state index is 0. The highest BCUT2D eigenvalue weighted by atomic mass is 127. The third-order valence-corrected chi connectivity index (χ3v) is 2.60. The van der Waals surface area contributed by atoms with Gasteiger partial charge >= 0.3 is 0 Å². The van der Waals surface area contributed by atoms with Crippen LogP contribution < -0.4 is 15.8 Å². The van der Waals surface area contributed by atoms with Gasteiger partial charge in [0.15, 0.2) is 5.96 Å². The Labute approximate surface area is 126 Å². The number of methoxy groups -OCH3 is 1. The molecule has 0 aliphatic heterocycles. The third kappa shape index (κ3) is 6.09. The number of benzene rings is 1. The number of aliphatic imine (C=N–C) groups is 1. The molecule has 4 nitrogen and oxygen atoms in total. The Morgan fingerprint density at radius 1 is 1.39 bits per heavy atom. The van der Waals surface area contributed by atoms with Crippen molar-refractivity contribution < 1.29 is 4.74 Å². The molecule has 0 aromatic heterocycles. The molecule has 3 N–H and O–H groups in total. The molecule has 0 heterocycles. The van der Waals surface area contributed by atoms with E-state index in [1.54, 1.807) is 7.11 Å². The Morgan fingerprint density at radius 2 is 2.00 bits per heavy atom. The number of nitrogens with two attached hydrogens (primary N) is 1. The summed E-state index contributed by atoms with van der Waals surface area (Å²) in [4.78, 5) is 4.28. The van der Waals surface area contributed by atoms with Crippen LogP contribution in [-0.2, 0) is 6.54 Å². The van der Waals surface area contributed by atoms with Crippen molar-refractivity contribution in [2.75, 3.05) is 7.11 Å². The molecular formula is C13H22IN3O. The molecule has 18 heavy (non-hydrogen) atoms. The van der Waals surface area contributed by atoms with Crippen LogP contribution in [0.25, 0.3) is 0 Å². The van der Waals surface area contributed by atoms with Crippen molar-refractivity contribution in [1.29, 1.82) is 0 Å². The van der Waals surface area contributed by atoms with E-state index in [1.165, 1.54) is 0 Å². The summed E-state index contributed by atoms with van der Waals surface area (Å²) in [5, 5.41) is 3.13. The molecule has 1 aromatic carbocycles. The van der Waals surface area contributed by atoms with Crippen molar-refractivity contribution in [2.45, 2.75) is 32.9 Å². The van der Waals surface area contributed by atoms with Gasteiger partial charge in [-0.25, -0.2) is 4.99 Å². The number of nitrogens with one attached hydrogen (secondary N) is 1. The largest absolute Gasteiger partial charge is 0.497 e. The highest BCUT2D eigenvalue weighted by molar-refractivity contribution is 14.0. The second-order valence-corrected chi connectivity index (χ2v) is 4.00. The van der Waals surface area contributed by atoms with Gasteiger partial charge in [0.1, 0.15) is 5.75 Å². The van der Waals surface area contributed by atoms with Crippen LogP contribution in [0, 0.1) is 0 Å². The van der Waals surface area contributed by atoms with Crippen molar-refractivity contribution in [1.82, 2.24) is 5.32 Å². The lowest BCUT2D eigenvalue weighted by molar-refractivity contribution is 0.414. The Morgan fingerprint density at radius 3 is 2.50 bits per heavy atom. The van der Waals surface area contributed by atoms with Crippen LogP contribution in [0.1, 0.15) is 25.8 Å². The van der Waals surface area contributed by atoms with Gasteiger partial charge < -0.3 is 15.8 Å². The molecule has 5 heteroatoms. The molecule has 0 fully saturated rings. The van der Waals surface area contributed by atoms with E-state index in [1.807, 2.05) is 24.3 Å². The molecule has 1 atom stereocenters. The summed E-state index contributed by atoms with van der Waals surface area (Å²) in [6, 6.07) is 8.17. The standard InChI is InChI=1S/C13H21N3O.HI/c1-4-10(2)16-13(14)15-9-11-5-7-12(17-3)8-6-11;/h5-8,10H,4,9H2,1-3H3,(H3,14,15,16);1H. The van der Waals surface area contributed by atoms with Gasteiger partial charge in [-0.05, 0) is 31.0 Å². The summed E-state index contributed by atoms with van der Waals surface area (Å²) >= 11 is 0. The summed E-state index contributed by atoms with van der Waals surface area (Å²) in [7, 11) is 1.65. The predicted molar refractivity (Wildman–Crippen MR) is 86.6 cm³/mol. The number of hydrogen-bond donors (Lipinski definition) is 2. The minimum atomic E-state index is 0. The summed E-state index contributed by atoms with van der Waals surface area (Å²) in [5.41, 5.74) is 6.88. The number of rotatable bonds is 5. The first-order valence-corrected chi connectivity index (χ1v) is 5.85. The second kappa shape index (κ2) is 9.02. The second-order valence-electron chi connectivity index (χ2n) is 4.00. The molecule has 1 aromatic rings. The monoisotopic (exact) mass is 363 g/mol. The maximum absolute atomic E-state index is 5.77. The van der Waals surface area contributed by atoms with E-state index in [4.69, 9.17) is 10.5 Å². The molecule has 0 spiro atoms. The molecule has 0 saturated heterocycles. The van der Waals surface area contributed by atoms with Crippen molar-refractivity contribution in [3.8, 4) is 5.75 Å².